The molecule has 0 fully saturated rings. The molecular weight excluding hydrogens is 633 g/mol. The second kappa shape index (κ2) is 10.9. The van der Waals surface area contributed by atoms with Gasteiger partial charge < -0.3 is 4.42 Å². The molecule has 0 unspecified atom stereocenters. The van der Waals surface area contributed by atoms with Crippen LogP contribution in [0.15, 0.2) is 184 Å². The Labute approximate surface area is 288 Å². The van der Waals surface area contributed by atoms with Gasteiger partial charge in [0.15, 0.2) is 0 Å². The number of hydrogen-bond acceptors (Lipinski definition) is 3. The topological polar surface area (TPSA) is 47.3 Å². The first-order valence-corrected chi connectivity index (χ1v) is 18.2. The van der Waals surface area contributed by atoms with Gasteiger partial charge in [0.25, 0.3) is 0 Å². The molecule has 0 N–H and O–H groups in total. The highest BCUT2D eigenvalue weighted by Gasteiger charge is 2.23. The lowest BCUT2D eigenvalue weighted by atomic mass is 9.85. The molecule has 0 saturated heterocycles. The van der Waals surface area contributed by atoms with Gasteiger partial charge in [-0.1, -0.05) is 127 Å². The van der Waals surface area contributed by atoms with Gasteiger partial charge in [0.2, 0.25) is 9.84 Å². The van der Waals surface area contributed by atoms with Gasteiger partial charge in [0.05, 0.1) is 9.79 Å². The number of benzene rings is 9. The lowest BCUT2D eigenvalue weighted by Crippen LogP contribution is -2.01. The van der Waals surface area contributed by atoms with Gasteiger partial charge in [-0.05, 0) is 96.7 Å². The van der Waals surface area contributed by atoms with E-state index in [9.17, 15) is 8.42 Å². The molecule has 1 heterocycles. The SMILES string of the molecule is O=S(=O)(c1ccccc1)c1ccc(-c2c3ccccc3c(-c3cc4ccccc4c4c3oc3cc5ccccc5cc34)c3ccccc23)cc1. The fraction of sp³-hybridized carbons (Fsp3) is 0. The van der Waals surface area contributed by atoms with Crippen LogP contribution in [0.1, 0.15) is 0 Å². The molecule has 0 atom stereocenters. The number of sulfone groups is 1. The van der Waals surface area contributed by atoms with Crippen molar-refractivity contribution in [1.82, 2.24) is 0 Å². The standard InChI is InChI=1S/C46H28O3S/c47-50(48,33-15-2-1-3-16-33)34-24-22-29(23-25-34)43-36-18-8-10-20-38(36)44(39-21-11-9-19-37(39)43)41-27-32-14-6-7-17-35(32)45-40-26-30-12-4-5-13-31(30)28-42(40)49-46(41)45/h1-28H. The van der Waals surface area contributed by atoms with Crippen molar-refractivity contribution in [3.63, 3.8) is 0 Å². The van der Waals surface area contributed by atoms with Crippen molar-refractivity contribution < 1.29 is 12.8 Å². The Kier molecular flexibility index (Phi) is 6.26. The van der Waals surface area contributed by atoms with E-state index in [1.54, 1.807) is 36.4 Å². The smallest absolute Gasteiger partial charge is 0.206 e. The van der Waals surface area contributed by atoms with Gasteiger partial charge in [-0.2, -0.15) is 0 Å². The summed E-state index contributed by atoms with van der Waals surface area (Å²) in [7, 11) is -3.64. The average molecular weight is 661 g/mol. The number of rotatable bonds is 4. The van der Waals surface area contributed by atoms with E-state index < -0.39 is 9.84 Å². The van der Waals surface area contributed by atoms with Crippen LogP contribution in [0.5, 0.6) is 0 Å². The third-order valence-corrected chi connectivity index (χ3v) is 11.8. The minimum atomic E-state index is -3.64. The molecule has 0 radical (unpaired) electrons. The summed E-state index contributed by atoms with van der Waals surface area (Å²) in [5.41, 5.74) is 5.91. The Balaban J connectivity index is 1.27. The molecular formula is C46H28O3S. The first kappa shape index (κ1) is 28.8. The largest absolute Gasteiger partial charge is 0.455 e. The third kappa shape index (κ3) is 4.25. The lowest BCUT2D eigenvalue weighted by molar-refractivity contribution is 0.596. The second-order valence-corrected chi connectivity index (χ2v) is 14.8. The molecule has 0 aliphatic rings. The molecule has 4 heteroatoms. The van der Waals surface area contributed by atoms with Crippen LogP contribution >= 0.6 is 0 Å². The molecule has 236 valence electrons. The van der Waals surface area contributed by atoms with E-state index in [0.29, 0.717) is 0 Å². The minimum absolute atomic E-state index is 0.272. The van der Waals surface area contributed by atoms with Gasteiger partial charge in [0.1, 0.15) is 11.2 Å². The molecule has 0 spiro atoms. The Morgan fingerprint density at radius 2 is 0.900 bits per heavy atom. The van der Waals surface area contributed by atoms with Crippen molar-refractivity contribution in [2.75, 3.05) is 0 Å². The molecule has 9 aromatic carbocycles. The van der Waals surface area contributed by atoms with Crippen molar-refractivity contribution in [3.05, 3.63) is 170 Å². The summed E-state index contributed by atoms with van der Waals surface area (Å²) in [6, 6.07) is 56.6. The van der Waals surface area contributed by atoms with Crippen LogP contribution in [0.4, 0.5) is 0 Å². The molecule has 10 rings (SSSR count). The van der Waals surface area contributed by atoms with Crippen LogP contribution in [0, 0.1) is 0 Å². The summed E-state index contributed by atoms with van der Waals surface area (Å²) < 4.78 is 33.8. The zero-order chi connectivity index (χ0) is 33.4. The number of furan rings is 1. The summed E-state index contributed by atoms with van der Waals surface area (Å²) in [5.74, 6) is 0. The predicted molar refractivity (Wildman–Crippen MR) is 207 cm³/mol. The highest BCUT2D eigenvalue weighted by molar-refractivity contribution is 7.91. The minimum Gasteiger partial charge on any atom is -0.455 e. The molecule has 1 aromatic heterocycles. The van der Waals surface area contributed by atoms with Crippen LogP contribution in [-0.2, 0) is 9.84 Å². The molecule has 0 saturated carbocycles. The van der Waals surface area contributed by atoms with Gasteiger partial charge in [-0.25, -0.2) is 8.42 Å². The zero-order valence-electron chi connectivity index (χ0n) is 26.8. The molecule has 0 aliphatic carbocycles. The third-order valence-electron chi connectivity index (χ3n) is 10.0. The van der Waals surface area contributed by atoms with E-state index in [1.165, 1.54) is 5.39 Å². The fourth-order valence-electron chi connectivity index (χ4n) is 7.76. The van der Waals surface area contributed by atoms with E-state index in [-0.39, 0.29) is 9.79 Å². The number of hydrogen-bond donors (Lipinski definition) is 0. The van der Waals surface area contributed by atoms with Gasteiger partial charge in [0, 0.05) is 21.9 Å². The van der Waals surface area contributed by atoms with Crippen LogP contribution < -0.4 is 0 Å². The first-order chi connectivity index (χ1) is 24.6. The summed E-state index contributed by atoms with van der Waals surface area (Å²) in [6.07, 6.45) is 0. The van der Waals surface area contributed by atoms with Crippen LogP contribution in [0.2, 0.25) is 0 Å². The molecule has 0 aliphatic heterocycles. The van der Waals surface area contributed by atoms with E-state index in [4.69, 9.17) is 4.42 Å². The Morgan fingerprint density at radius 1 is 0.400 bits per heavy atom. The van der Waals surface area contributed by atoms with E-state index >= 15 is 0 Å². The highest BCUT2D eigenvalue weighted by Crippen LogP contribution is 2.48. The Morgan fingerprint density at radius 3 is 1.54 bits per heavy atom. The van der Waals surface area contributed by atoms with Crippen LogP contribution in [0.25, 0.3) is 87.3 Å². The fourth-order valence-corrected chi connectivity index (χ4v) is 9.04. The number of fused-ring (bicyclic) bond motifs is 8. The maximum Gasteiger partial charge on any atom is 0.206 e. The van der Waals surface area contributed by atoms with Gasteiger partial charge in [-0.15, -0.1) is 0 Å². The molecule has 10 aromatic rings. The van der Waals surface area contributed by atoms with Crippen molar-refractivity contribution in [2.45, 2.75) is 9.79 Å². The van der Waals surface area contributed by atoms with Crippen molar-refractivity contribution in [3.8, 4) is 22.3 Å². The molecule has 0 bridgehead atoms. The monoisotopic (exact) mass is 660 g/mol. The zero-order valence-corrected chi connectivity index (χ0v) is 27.6. The van der Waals surface area contributed by atoms with Crippen molar-refractivity contribution in [1.29, 1.82) is 0 Å². The lowest BCUT2D eigenvalue weighted by Gasteiger charge is -2.18. The van der Waals surface area contributed by atoms with E-state index in [1.807, 2.05) is 18.2 Å². The van der Waals surface area contributed by atoms with Crippen LogP contribution in [0.3, 0.4) is 0 Å². The summed E-state index contributed by atoms with van der Waals surface area (Å²) in [6.45, 7) is 0. The first-order valence-electron chi connectivity index (χ1n) is 16.7. The van der Waals surface area contributed by atoms with Crippen molar-refractivity contribution in [2.24, 2.45) is 0 Å². The van der Waals surface area contributed by atoms with Gasteiger partial charge >= 0.3 is 0 Å². The van der Waals surface area contributed by atoms with Crippen molar-refractivity contribution >= 4 is 74.9 Å². The highest BCUT2D eigenvalue weighted by atomic mass is 32.2. The average Bonchev–Trinajstić information content (AvgIpc) is 3.55. The van der Waals surface area contributed by atoms with E-state index in [0.717, 1.165) is 81.9 Å². The Hall–Kier alpha value is -6.23. The second-order valence-electron chi connectivity index (χ2n) is 12.8. The predicted octanol–water partition coefficient (Wildman–Crippen LogP) is 12.4. The normalized spacial score (nSPS) is 12.2. The van der Waals surface area contributed by atoms with Crippen LogP contribution in [-0.4, -0.2) is 8.42 Å². The quantitative estimate of drug-likeness (QED) is 0.177. The van der Waals surface area contributed by atoms with Gasteiger partial charge in [-0.3, -0.25) is 0 Å². The summed E-state index contributed by atoms with van der Waals surface area (Å²) in [5, 5.41) is 11.2. The maximum atomic E-state index is 13.4. The molecule has 50 heavy (non-hydrogen) atoms. The summed E-state index contributed by atoms with van der Waals surface area (Å²) >= 11 is 0. The van der Waals surface area contributed by atoms with E-state index in [2.05, 4.69) is 115 Å². The maximum absolute atomic E-state index is 13.4. The summed E-state index contributed by atoms with van der Waals surface area (Å²) in [4.78, 5) is 0.558. The molecule has 0 amide bonds. The Bertz CT molecular complexity index is 3030. The molecule has 3 nitrogen and oxygen atoms in total.